The fourth-order valence-corrected chi connectivity index (χ4v) is 19.6. The number of aliphatic hydroxyl groups excluding tert-OH is 2. The number of guanidine groups is 1. The summed E-state index contributed by atoms with van der Waals surface area (Å²) in [6.07, 6.45) is 1.77. The summed E-state index contributed by atoms with van der Waals surface area (Å²) in [4.78, 5) is 284. The highest BCUT2D eigenvalue weighted by Gasteiger charge is 2.48. The van der Waals surface area contributed by atoms with Gasteiger partial charge >= 0.3 is 5.97 Å². The Hall–Kier alpha value is -10.7. The van der Waals surface area contributed by atoms with Crippen molar-refractivity contribution in [3.63, 3.8) is 0 Å². The van der Waals surface area contributed by atoms with Gasteiger partial charge in [0.1, 0.15) is 103 Å². The van der Waals surface area contributed by atoms with Crippen molar-refractivity contribution in [2.24, 2.45) is 45.5 Å². The number of thioether (sulfide) groups is 1. The number of aliphatic hydroxyl groups is 2. The lowest BCUT2D eigenvalue weighted by atomic mass is 10.0. The number of carbonyl (C=O) groups excluding carboxylic acids is 18. The SMILES string of the molecule is CCCC[C@@H]1NC(=O)[C@H](CCCCN)NC(=O)[C@H](CCCN=C(N)N)NC(=O)[C@H](CC(C)C)NC(=O)C(NC(=O)[C@H](CCSC)NC(=O)[C@@H]2C[C@@H](O)CN2C(=O)[C@@H](NC(C)=O)C(C)C)CCSSC[C@@H](C(=O)NC(CCCCN)C(=O)N2CCC[C@H]2C(=O)N2CCC[C@H]2C(=O)N[C@@H](CCC(=O)O)C(N)=O)NC(=O)[C@H](Cc2ccccc2)NC(=O)[C@H](CO)NC(=O)C(C)NC(=O)[C@@H]2CCCN2C1=O. The van der Waals surface area contributed by atoms with Gasteiger partial charge in [-0.3, -0.25) is 96.1 Å². The fourth-order valence-electron chi connectivity index (χ4n) is 16.8. The number of fused-ring (bicyclic) bond motifs is 1. The largest absolute Gasteiger partial charge is 0.481 e. The van der Waals surface area contributed by atoms with Crippen LogP contribution in [-0.2, 0) is 97.5 Å². The zero-order chi connectivity index (χ0) is 101. The molecule has 5 fully saturated rings. The molecule has 3 unspecified atom stereocenters. The number of hydrogen-bond acceptors (Lipinski definition) is 27. The van der Waals surface area contributed by atoms with Gasteiger partial charge < -0.3 is 133 Å². The van der Waals surface area contributed by atoms with E-state index in [9.17, 15) is 72.9 Å². The molecule has 5 aliphatic heterocycles. The van der Waals surface area contributed by atoms with Crippen LogP contribution in [0.5, 0.6) is 0 Å². The molecule has 18 amide bonds. The van der Waals surface area contributed by atoms with Gasteiger partial charge in [0.25, 0.3) is 0 Å². The summed E-state index contributed by atoms with van der Waals surface area (Å²) in [5, 5.41) is 66.2. The highest BCUT2D eigenvalue weighted by molar-refractivity contribution is 8.76. The lowest BCUT2D eigenvalue weighted by molar-refractivity contribution is -0.148. The first kappa shape index (κ1) is 115. The number of unbranched alkanes of at least 4 members (excludes halogenated alkanes) is 3. The minimum atomic E-state index is -1.83. The Labute approximate surface area is 811 Å². The maximum atomic E-state index is 15.6. The predicted octanol–water partition coefficient (Wildman–Crippen LogP) is -4.41. The van der Waals surface area contributed by atoms with E-state index in [1.807, 2.05) is 6.92 Å². The zero-order valence-corrected chi connectivity index (χ0v) is 82.1. The van der Waals surface area contributed by atoms with Crippen LogP contribution in [-0.4, -0.2) is 338 Å². The van der Waals surface area contributed by atoms with Crippen LogP contribution in [0.15, 0.2) is 35.3 Å². The molecule has 18 atom stereocenters. The molecule has 5 heterocycles. The van der Waals surface area contributed by atoms with E-state index in [1.165, 1.54) is 40.3 Å². The summed E-state index contributed by atoms with van der Waals surface area (Å²) in [6.45, 7) is 10.2. The normalized spacial score (nSPS) is 24.9. The van der Waals surface area contributed by atoms with Crippen LogP contribution < -0.4 is 97.8 Å². The van der Waals surface area contributed by atoms with E-state index in [2.05, 4.69) is 74.1 Å². The Morgan fingerprint density at radius 1 is 0.577 bits per heavy atom. The topological polar surface area (TPSA) is 697 Å². The number of carboxylic acids is 1. The van der Waals surface area contributed by atoms with Crippen molar-refractivity contribution in [3.8, 4) is 0 Å². The average Bonchev–Trinajstić information content (AvgIpc) is 1.65. The van der Waals surface area contributed by atoms with E-state index in [4.69, 9.17) is 28.7 Å². The molecule has 5 aliphatic rings. The molecule has 1 aromatic carbocycles. The maximum Gasteiger partial charge on any atom is 0.303 e. The van der Waals surface area contributed by atoms with Crippen LogP contribution in [0.4, 0.5) is 0 Å². The first-order chi connectivity index (χ1) is 65.2. The Morgan fingerprint density at radius 2 is 1.15 bits per heavy atom. The number of carboxylic acid groups (broad SMARTS) is 1. The summed E-state index contributed by atoms with van der Waals surface area (Å²) < 4.78 is 0. The van der Waals surface area contributed by atoms with Crippen LogP contribution in [0.25, 0.3) is 0 Å². The van der Waals surface area contributed by atoms with E-state index in [0.717, 1.165) is 26.5 Å². The minimum absolute atomic E-state index is 0.00788. The molecule has 26 N–H and O–H groups in total. The molecule has 48 heteroatoms. The molecule has 1 aromatic rings. The van der Waals surface area contributed by atoms with Gasteiger partial charge in [-0.15, -0.1) is 0 Å². The molecule has 0 bridgehead atoms. The quantitative estimate of drug-likeness (QED) is 0.0128. The van der Waals surface area contributed by atoms with Crippen LogP contribution in [0.3, 0.4) is 0 Å². The maximum absolute atomic E-state index is 15.6. The van der Waals surface area contributed by atoms with Gasteiger partial charge in [0.2, 0.25) is 106 Å². The number of β-amino-alcohol motifs (C(OH)–C–C–N with tert-alkyl or cyclic N) is 1. The van der Waals surface area contributed by atoms with Gasteiger partial charge in [-0.25, -0.2) is 0 Å². The highest BCUT2D eigenvalue weighted by atomic mass is 33.1. The lowest BCUT2D eigenvalue weighted by Gasteiger charge is -2.33. The van der Waals surface area contributed by atoms with Crippen molar-refractivity contribution in [2.45, 2.75) is 311 Å². The smallest absolute Gasteiger partial charge is 0.303 e. The first-order valence-corrected chi connectivity index (χ1v) is 51.2. The number of nitrogens with two attached hydrogens (primary N) is 5. The number of primary amides is 1. The number of nitrogens with zero attached hydrogens (tertiary/aromatic N) is 5. The number of aliphatic carboxylic acids is 1. The summed E-state index contributed by atoms with van der Waals surface area (Å²) >= 11 is 1.29. The summed E-state index contributed by atoms with van der Waals surface area (Å²) in [7, 11) is 1.93. The van der Waals surface area contributed by atoms with Gasteiger partial charge in [-0.2, -0.15) is 11.8 Å². The Morgan fingerprint density at radius 3 is 1.77 bits per heavy atom. The molecule has 5 saturated heterocycles. The van der Waals surface area contributed by atoms with Crippen LogP contribution in [0.2, 0.25) is 0 Å². The number of carbonyl (C=O) groups is 19. The Bertz CT molecular complexity index is 4310. The van der Waals surface area contributed by atoms with Gasteiger partial charge in [0.15, 0.2) is 5.96 Å². The molecule has 0 aliphatic carbocycles. The van der Waals surface area contributed by atoms with Crippen molar-refractivity contribution in [2.75, 3.05) is 75.9 Å². The molecule has 137 heavy (non-hydrogen) atoms. The Balaban J connectivity index is 1.49. The predicted molar refractivity (Wildman–Crippen MR) is 512 cm³/mol. The number of rotatable bonds is 40. The molecule has 6 rings (SSSR count). The van der Waals surface area contributed by atoms with Gasteiger partial charge in [-0.05, 0) is 171 Å². The van der Waals surface area contributed by atoms with Crippen molar-refractivity contribution in [1.29, 1.82) is 0 Å². The molecule has 45 nitrogen and oxygen atoms in total. The second-order valence-electron chi connectivity index (χ2n) is 36.0. The van der Waals surface area contributed by atoms with Gasteiger partial charge in [0.05, 0.1) is 12.7 Å². The molecule has 0 saturated carbocycles. The van der Waals surface area contributed by atoms with Crippen molar-refractivity contribution >= 4 is 152 Å². The monoisotopic (exact) mass is 1980 g/mol. The van der Waals surface area contributed by atoms with Gasteiger partial charge in [-0.1, -0.05) is 99.4 Å². The number of aliphatic imine (C=N–C) groups is 1. The summed E-state index contributed by atoms with van der Waals surface area (Å²) in [5.74, 6) is -18.2. The number of nitrogens with one attached hydrogen (secondary N) is 13. The molecule has 0 aromatic heterocycles. The second-order valence-corrected chi connectivity index (χ2v) is 39.6. The third-order valence-electron chi connectivity index (χ3n) is 24.3. The summed E-state index contributed by atoms with van der Waals surface area (Å²) in [6, 6.07) is -16.2. The third kappa shape index (κ3) is 36.9. The second kappa shape index (κ2) is 58.9. The molecular weight excluding hydrogens is 1840 g/mol. The number of hydrogen-bond donors (Lipinski definition) is 21. The van der Waals surface area contributed by atoms with Crippen molar-refractivity contribution in [3.05, 3.63) is 35.9 Å². The first-order valence-electron chi connectivity index (χ1n) is 47.3. The summed E-state index contributed by atoms with van der Waals surface area (Å²) in [5.41, 5.74) is 29.4. The van der Waals surface area contributed by atoms with E-state index < -0.39 is 252 Å². The number of amides is 18. The molecule has 0 spiro atoms. The molecular formula is C89H145N23O22S3. The Kier molecular flexibility index (Phi) is 49.5. The minimum Gasteiger partial charge on any atom is -0.481 e. The molecule has 0 radical (unpaired) electrons. The third-order valence-corrected chi connectivity index (χ3v) is 27.4. The molecule has 766 valence electrons. The van der Waals surface area contributed by atoms with Crippen LogP contribution in [0, 0.1) is 11.8 Å². The van der Waals surface area contributed by atoms with E-state index in [-0.39, 0.29) is 172 Å². The fraction of sp³-hybridized carbons (Fsp3) is 0.708. The van der Waals surface area contributed by atoms with Gasteiger partial charge in [0, 0.05) is 70.4 Å². The standard InChI is InChI=1S/C89H145N23O22S3/c1-9-10-24-60-85(131)109-38-19-28-66(109)82(128)96-51(6)73(119)107-64(47-113)80(126)106-63(44-53-22-12-11-13-23-53)79(125)108-65(81(127)104-61(26-15-17-36-91)86(132)111-40-21-30-68(111)87(133)110-39-20-29-67(110)83(129)98-55(72(92)118)31-32-70(116)117)48-137-136-42-34-59(101-76(122)58(33-41-135-8)102-84(130)69-45-54(115)46-112(69)88(134)71(50(4)5)97-52(7)114)77(123)105-62(43-49(2)3)78(124)100-57(27-18-37-95-89(93)94)74(120)99-56(75(121)103-60)25-14-16-35-90/h11-13,22-23,49-51,54-69,71,113,115H,9-10,14-21,24-48,90-91H2,1-8H3,(H2,92,118)(H,96,128)(H,97,114)(H,98,129)(H,99,120)(H,100,124)(H,101,122)(H,102,130)(H,103,121)(H,104,127)(H,105,123)(H,106,126)(H,107,119)(H,108,125)(H,116,117)(H4,93,94,95)/t51?,54-,55+,56+,57+,58+,59?,60+,61?,62+,63+,64+,65+,66+,67+,68+,69+,71+/m1/s1. The average molecular weight is 1990 g/mol. The van der Waals surface area contributed by atoms with Crippen molar-refractivity contribution in [1.82, 2.24) is 88.7 Å². The van der Waals surface area contributed by atoms with E-state index in [1.54, 1.807) is 64.3 Å². The zero-order valence-electron chi connectivity index (χ0n) is 79.6. The van der Waals surface area contributed by atoms with E-state index in [0.29, 0.717) is 44.1 Å². The number of likely N-dealkylation sites (tertiary alicyclic amines) is 3. The highest BCUT2D eigenvalue weighted by Crippen LogP contribution is 2.30. The number of benzene rings is 1. The van der Waals surface area contributed by atoms with Crippen LogP contribution in [0.1, 0.15) is 202 Å². The van der Waals surface area contributed by atoms with E-state index >= 15 is 33.6 Å². The van der Waals surface area contributed by atoms with Crippen molar-refractivity contribution < 1.29 is 106 Å². The van der Waals surface area contributed by atoms with Crippen LogP contribution >= 0.6 is 33.3 Å². The lowest BCUT2D eigenvalue weighted by Crippen LogP contribution is -2.61.